The normalized spacial score (nSPS) is 16.5. The molecule has 3 N–H and O–H groups in total. The highest BCUT2D eigenvalue weighted by Gasteiger charge is 2.20. The second-order valence-corrected chi connectivity index (χ2v) is 9.26. The largest absolute Gasteiger partial charge is 0.355 e. The number of likely N-dealkylation sites (tertiary alicyclic amines) is 1. The summed E-state index contributed by atoms with van der Waals surface area (Å²) in [7, 11) is -1.46. The van der Waals surface area contributed by atoms with Gasteiger partial charge in [0.2, 0.25) is 10.0 Å². The summed E-state index contributed by atoms with van der Waals surface area (Å²) in [6, 6.07) is 6.10. The predicted molar refractivity (Wildman–Crippen MR) is 128 cm³/mol. The molecule has 1 aromatic carbocycles. The molecule has 0 unspecified atom stereocenters. The average Bonchev–Trinajstić information content (AvgIpc) is 2.61. The smallest absolute Gasteiger partial charge is 0.208 e. The van der Waals surface area contributed by atoms with Gasteiger partial charge < -0.3 is 10.6 Å². The Balaban J connectivity index is 0.00000392. The van der Waals surface area contributed by atoms with Crippen LogP contribution in [0.5, 0.6) is 0 Å². The van der Waals surface area contributed by atoms with Crippen molar-refractivity contribution in [2.75, 3.05) is 39.5 Å². The number of aliphatic imine (C=N–C) groups is 1. The van der Waals surface area contributed by atoms with Gasteiger partial charge in [0.25, 0.3) is 0 Å². The quantitative estimate of drug-likeness (QED) is 0.205. The lowest BCUT2D eigenvalue weighted by Crippen LogP contribution is -2.49. The molecule has 0 aromatic heterocycles. The number of halogens is 3. The van der Waals surface area contributed by atoms with Crippen molar-refractivity contribution < 1.29 is 8.42 Å². The first-order valence-corrected chi connectivity index (χ1v) is 11.5. The third-order valence-corrected chi connectivity index (χ3v) is 5.79. The number of piperidine rings is 1. The maximum atomic E-state index is 11.1. The van der Waals surface area contributed by atoms with Gasteiger partial charge in [-0.3, -0.25) is 9.89 Å². The van der Waals surface area contributed by atoms with Crippen molar-refractivity contribution in [3.8, 4) is 0 Å². The van der Waals surface area contributed by atoms with E-state index in [2.05, 4.69) is 25.2 Å². The molecular weight excluding hydrogens is 536 g/mol. The minimum absolute atomic E-state index is 0. The van der Waals surface area contributed by atoms with E-state index in [1.54, 1.807) is 7.05 Å². The van der Waals surface area contributed by atoms with E-state index in [4.69, 9.17) is 23.2 Å². The van der Waals surface area contributed by atoms with E-state index in [-0.39, 0.29) is 24.0 Å². The van der Waals surface area contributed by atoms with E-state index in [1.807, 2.05) is 18.2 Å². The molecule has 1 heterocycles. The molecular formula is C17H28Cl2IN5O2S. The van der Waals surface area contributed by atoms with E-state index in [0.717, 1.165) is 44.3 Å². The zero-order valence-corrected chi connectivity index (χ0v) is 20.7. The average molecular weight is 564 g/mol. The molecule has 1 saturated heterocycles. The second kappa shape index (κ2) is 12.4. The zero-order chi connectivity index (χ0) is 19.9. The zero-order valence-electron chi connectivity index (χ0n) is 16.0. The highest BCUT2D eigenvalue weighted by Crippen LogP contribution is 2.24. The van der Waals surface area contributed by atoms with Crippen LogP contribution in [0.1, 0.15) is 18.4 Å². The fourth-order valence-corrected chi connectivity index (χ4v) is 3.73. The van der Waals surface area contributed by atoms with Crippen molar-refractivity contribution >= 4 is 63.2 Å². The first-order chi connectivity index (χ1) is 12.8. The standard InChI is InChI=1S/C17H27Cl2N5O2S.HI/c1-20-17(21-7-8-22-27(2,25)26)23-14-5-9-24(10-6-14)12-13-3-4-15(18)16(19)11-13;/h3-4,11,14,22H,5-10,12H2,1-2H3,(H2,20,21,23);1H. The Morgan fingerprint density at radius 3 is 2.46 bits per heavy atom. The van der Waals surface area contributed by atoms with Gasteiger partial charge in [-0.2, -0.15) is 0 Å². The molecule has 28 heavy (non-hydrogen) atoms. The fourth-order valence-electron chi connectivity index (χ4n) is 2.94. The van der Waals surface area contributed by atoms with Crippen LogP contribution in [0.25, 0.3) is 0 Å². The number of rotatable bonds is 7. The van der Waals surface area contributed by atoms with Crippen LogP contribution in [0.3, 0.4) is 0 Å². The minimum Gasteiger partial charge on any atom is -0.355 e. The third-order valence-electron chi connectivity index (χ3n) is 4.32. The Bertz CT molecular complexity index is 756. The van der Waals surface area contributed by atoms with Crippen LogP contribution < -0.4 is 15.4 Å². The number of guanidine groups is 1. The maximum Gasteiger partial charge on any atom is 0.208 e. The highest BCUT2D eigenvalue weighted by atomic mass is 127. The molecule has 1 aliphatic rings. The van der Waals surface area contributed by atoms with Crippen LogP contribution >= 0.6 is 47.2 Å². The SMILES string of the molecule is CN=C(NCCNS(C)(=O)=O)NC1CCN(Cc2ccc(Cl)c(Cl)c2)CC1.I. The lowest BCUT2D eigenvalue weighted by atomic mass is 10.0. The van der Waals surface area contributed by atoms with Gasteiger partial charge in [0.1, 0.15) is 0 Å². The summed E-state index contributed by atoms with van der Waals surface area (Å²) in [5.74, 6) is 0.688. The molecule has 1 fully saturated rings. The number of hydrogen-bond acceptors (Lipinski definition) is 4. The summed E-state index contributed by atoms with van der Waals surface area (Å²) in [6.45, 7) is 3.60. The monoisotopic (exact) mass is 563 g/mol. The molecule has 0 radical (unpaired) electrons. The molecule has 0 saturated carbocycles. The van der Waals surface area contributed by atoms with Crippen molar-refractivity contribution in [3.05, 3.63) is 33.8 Å². The molecule has 0 bridgehead atoms. The van der Waals surface area contributed by atoms with Crippen LogP contribution in [-0.2, 0) is 16.6 Å². The Kier molecular flexibility index (Phi) is 11.4. The Morgan fingerprint density at radius 1 is 1.21 bits per heavy atom. The third kappa shape index (κ3) is 9.45. The second-order valence-electron chi connectivity index (χ2n) is 6.61. The molecule has 1 aromatic rings. The first-order valence-electron chi connectivity index (χ1n) is 8.85. The molecule has 7 nitrogen and oxygen atoms in total. The van der Waals surface area contributed by atoms with Gasteiger partial charge in [-0.1, -0.05) is 29.3 Å². The Hall–Kier alpha value is -0.330. The lowest BCUT2D eigenvalue weighted by Gasteiger charge is -2.33. The molecule has 0 amide bonds. The summed E-state index contributed by atoms with van der Waals surface area (Å²) in [5.41, 5.74) is 1.16. The molecule has 0 spiro atoms. The van der Waals surface area contributed by atoms with Crippen LogP contribution in [0.15, 0.2) is 23.2 Å². The Morgan fingerprint density at radius 2 is 1.89 bits per heavy atom. The van der Waals surface area contributed by atoms with Crippen molar-refractivity contribution in [3.63, 3.8) is 0 Å². The molecule has 1 aliphatic heterocycles. The van der Waals surface area contributed by atoms with Gasteiger partial charge in [-0.15, -0.1) is 24.0 Å². The number of sulfonamides is 1. The van der Waals surface area contributed by atoms with E-state index in [9.17, 15) is 8.42 Å². The highest BCUT2D eigenvalue weighted by molar-refractivity contribution is 14.0. The van der Waals surface area contributed by atoms with E-state index < -0.39 is 10.0 Å². The van der Waals surface area contributed by atoms with E-state index >= 15 is 0 Å². The van der Waals surface area contributed by atoms with Crippen LogP contribution in [0, 0.1) is 0 Å². The van der Waals surface area contributed by atoms with Gasteiger partial charge in [0, 0.05) is 45.8 Å². The molecule has 0 aliphatic carbocycles. The summed E-state index contributed by atoms with van der Waals surface area (Å²) >= 11 is 12.1. The van der Waals surface area contributed by atoms with E-state index in [0.29, 0.717) is 35.1 Å². The summed E-state index contributed by atoms with van der Waals surface area (Å²) < 4.78 is 24.6. The summed E-state index contributed by atoms with van der Waals surface area (Å²) in [4.78, 5) is 6.59. The number of nitrogens with zero attached hydrogens (tertiary/aromatic N) is 2. The van der Waals surface area contributed by atoms with Crippen molar-refractivity contribution in [1.82, 2.24) is 20.3 Å². The van der Waals surface area contributed by atoms with E-state index in [1.165, 1.54) is 0 Å². The fraction of sp³-hybridized carbons (Fsp3) is 0.588. The number of benzene rings is 1. The predicted octanol–water partition coefficient (Wildman–Crippen LogP) is 2.29. The molecule has 160 valence electrons. The first kappa shape index (κ1) is 25.7. The van der Waals surface area contributed by atoms with Crippen LogP contribution in [-0.4, -0.2) is 64.8 Å². The van der Waals surface area contributed by atoms with Crippen molar-refractivity contribution in [2.24, 2.45) is 4.99 Å². The maximum absolute atomic E-state index is 11.1. The van der Waals surface area contributed by atoms with Gasteiger partial charge in [-0.05, 0) is 30.5 Å². The lowest BCUT2D eigenvalue weighted by molar-refractivity contribution is 0.198. The van der Waals surface area contributed by atoms with Gasteiger partial charge >= 0.3 is 0 Å². The van der Waals surface area contributed by atoms with Gasteiger partial charge in [0.15, 0.2) is 5.96 Å². The number of nitrogens with one attached hydrogen (secondary N) is 3. The number of hydrogen-bond donors (Lipinski definition) is 3. The van der Waals surface area contributed by atoms with Gasteiger partial charge in [0.05, 0.1) is 16.3 Å². The van der Waals surface area contributed by atoms with Crippen LogP contribution in [0.4, 0.5) is 0 Å². The molecule has 0 atom stereocenters. The molecule has 11 heteroatoms. The Labute approximate surface area is 194 Å². The van der Waals surface area contributed by atoms with Crippen molar-refractivity contribution in [1.29, 1.82) is 0 Å². The van der Waals surface area contributed by atoms with Crippen LogP contribution in [0.2, 0.25) is 10.0 Å². The molecule has 2 rings (SSSR count). The summed E-state index contributed by atoms with van der Waals surface area (Å²) in [5, 5.41) is 7.69. The summed E-state index contributed by atoms with van der Waals surface area (Å²) in [6.07, 6.45) is 3.15. The van der Waals surface area contributed by atoms with Gasteiger partial charge in [-0.25, -0.2) is 13.1 Å². The minimum atomic E-state index is -3.16. The topological polar surface area (TPSA) is 85.8 Å². The van der Waals surface area contributed by atoms with Crippen molar-refractivity contribution in [2.45, 2.75) is 25.4 Å².